The largest absolute Gasteiger partial charge is 0.496 e. The van der Waals surface area contributed by atoms with Crippen LogP contribution in [-0.4, -0.2) is 25.0 Å². The number of nitrogens with zero attached hydrogens (tertiary/aromatic N) is 1. The normalized spacial score (nSPS) is 9.75. The number of pyridine rings is 1. The first-order valence-electron chi connectivity index (χ1n) is 7.67. The number of hydrogen-bond acceptors (Lipinski definition) is 5. The summed E-state index contributed by atoms with van der Waals surface area (Å²) < 4.78 is 12.1. The van der Waals surface area contributed by atoms with E-state index in [9.17, 15) is 4.79 Å². The molecule has 0 aliphatic carbocycles. The predicted molar refractivity (Wildman–Crippen MR) is 101 cm³/mol. The van der Waals surface area contributed by atoms with E-state index in [4.69, 9.17) is 20.6 Å². The lowest BCUT2D eigenvalue weighted by Crippen LogP contribution is -2.22. The molecule has 0 saturated heterocycles. The van der Waals surface area contributed by atoms with Crippen LogP contribution in [0.15, 0.2) is 23.1 Å². The lowest BCUT2D eigenvalue weighted by atomic mass is 9.99. The van der Waals surface area contributed by atoms with Crippen molar-refractivity contribution in [2.45, 2.75) is 20.8 Å². The van der Waals surface area contributed by atoms with Crippen molar-refractivity contribution < 1.29 is 10.9 Å². The van der Waals surface area contributed by atoms with Crippen LogP contribution in [0.2, 0.25) is 0 Å². The van der Waals surface area contributed by atoms with Gasteiger partial charge in [-0.3, -0.25) is 4.79 Å². The lowest BCUT2D eigenvalue weighted by molar-refractivity contribution is 0.389. The molecule has 0 spiro atoms. The van der Waals surface area contributed by atoms with Crippen LogP contribution in [0.4, 0.5) is 5.69 Å². The van der Waals surface area contributed by atoms with E-state index in [1.54, 1.807) is 27.5 Å². The average molecular weight is 333 g/mol. The van der Waals surface area contributed by atoms with Crippen molar-refractivity contribution >= 4 is 11.9 Å². The fourth-order valence-corrected chi connectivity index (χ4v) is 2.40. The minimum atomic E-state index is -0.326. The zero-order valence-electron chi connectivity index (χ0n) is 15.1. The number of nitrogens with two attached hydrogens (primary N) is 1. The van der Waals surface area contributed by atoms with Gasteiger partial charge in [0.05, 0.1) is 14.2 Å². The predicted octanol–water partition coefficient (Wildman–Crippen LogP) is 3.23. The molecule has 1 aromatic heterocycles. The van der Waals surface area contributed by atoms with Gasteiger partial charge in [-0.1, -0.05) is 13.8 Å². The first-order valence-corrected chi connectivity index (χ1v) is 7.67. The molecule has 0 atom stereocenters. The third-order valence-electron chi connectivity index (χ3n) is 3.66. The zero-order valence-corrected chi connectivity index (χ0v) is 15.1. The highest BCUT2D eigenvalue weighted by atomic mass is 16.5. The second kappa shape index (κ2) is 8.19. The summed E-state index contributed by atoms with van der Waals surface area (Å²) >= 11 is 0. The number of aromatic nitrogens is 1. The topological polar surface area (TPSA) is 90.3 Å². The Bertz CT molecular complexity index is 776. The summed E-state index contributed by atoms with van der Waals surface area (Å²) in [5.41, 5.74) is 8.28. The molecule has 0 aliphatic rings. The number of anilines is 1. The van der Waals surface area contributed by atoms with E-state index in [1.807, 2.05) is 32.9 Å². The Labute approximate surface area is 143 Å². The van der Waals surface area contributed by atoms with Crippen molar-refractivity contribution in [3.05, 3.63) is 39.8 Å². The molecule has 1 heterocycles. The summed E-state index contributed by atoms with van der Waals surface area (Å²) in [4.78, 5) is 11.9. The van der Waals surface area contributed by atoms with Gasteiger partial charge in [-0.15, -0.1) is 0 Å². The summed E-state index contributed by atoms with van der Waals surface area (Å²) in [6.45, 7) is 5.90. The summed E-state index contributed by atoms with van der Waals surface area (Å²) in [5.74, 6) is 1.33. The first-order chi connectivity index (χ1) is 11.4. The number of aryl methyl sites for hydroxylation is 1. The number of benzene rings is 1. The van der Waals surface area contributed by atoms with Gasteiger partial charge in [0, 0.05) is 37.6 Å². The highest BCUT2D eigenvalue weighted by Crippen LogP contribution is 2.35. The van der Waals surface area contributed by atoms with Gasteiger partial charge in [0.25, 0.3) is 5.56 Å². The van der Waals surface area contributed by atoms with Crippen LogP contribution in [0, 0.1) is 12.3 Å². The van der Waals surface area contributed by atoms with Gasteiger partial charge in [-0.05, 0) is 24.6 Å². The number of methoxy groups -OCH3 is 2. The molecule has 2 aromatic rings. The third kappa shape index (κ3) is 3.42. The number of rotatable bonds is 4. The van der Waals surface area contributed by atoms with Gasteiger partial charge in [0.1, 0.15) is 17.2 Å². The Morgan fingerprint density at radius 3 is 2.12 bits per heavy atom. The van der Waals surface area contributed by atoms with Crippen molar-refractivity contribution in [1.82, 2.24) is 4.57 Å². The van der Waals surface area contributed by atoms with Gasteiger partial charge >= 0.3 is 0 Å². The Hall–Kier alpha value is -2.76. The Morgan fingerprint density at radius 2 is 1.71 bits per heavy atom. The van der Waals surface area contributed by atoms with Crippen molar-refractivity contribution in [2.24, 2.45) is 7.05 Å². The third-order valence-corrected chi connectivity index (χ3v) is 3.66. The van der Waals surface area contributed by atoms with Crippen LogP contribution >= 0.6 is 0 Å². The van der Waals surface area contributed by atoms with Gasteiger partial charge in [-0.2, -0.15) is 0 Å². The van der Waals surface area contributed by atoms with Crippen molar-refractivity contribution in [3.8, 4) is 22.6 Å². The maximum Gasteiger partial charge on any atom is 0.274 e. The smallest absolute Gasteiger partial charge is 0.274 e. The van der Waals surface area contributed by atoms with Crippen LogP contribution < -0.4 is 20.8 Å². The molecule has 2 rings (SSSR count). The second-order valence-corrected chi connectivity index (χ2v) is 4.94. The van der Waals surface area contributed by atoms with Crippen molar-refractivity contribution in [2.75, 3.05) is 20.0 Å². The molecule has 3 N–H and O–H groups in total. The average Bonchev–Trinajstić information content (AvgIpc) is 2.61. The molecule has 132 valence electrons. The first kappa shape index (κ1) is 19.3. The highest BCUT2D eigenvalue weighted by Gasteiger charge is 2.15. The van der Waals surface area contributed by atoms with E-state index in [0.717, 1.165) is 17.3 Å². The summed E-state index contributed by atoms with van der Waals surface area (Å²) in [6.07, 6.45) is 2.74. The van der Waals surface area contributed by atoms with E-state index in [1.165, 1.54) is 4.57 Å². The molecule has 0 fully saturated rings. The standard InChI is InChI=1S/C16H19N3O3.C2H6.H2/c1-9-13(21-3)5-10(6-14(9)22-4)12-8-19(2)16(20)15(18)11(12)7-17;1-2;/h5-8,17H,18H2,1-4H3;1-2H3;1H. The summed E-state index contributed by atoms with van der Waals surface area (Å²) in [6, 6.07) is 3.67. The minimum absolute atomic E-state index is 0. The fourth-order valence-electron chi connectivity index (χ4n) is 2.40. The number of nitrogens with one attached hydrogen (secondary N) is 1. The molecule has 24 heavy (non-hydrogen) atoms. The van der Waals surface area contributed by atoms with Gasteiger partial charge < -0.3 is 25.2 Å². The summed E-state index contributed by atoms with van der Waals surface area (Å²) in [5, 5.41) is 7.57. The van der Waals surface area contributed by atoms with Gasteiger partial charge in [0.2, 0.25) is 0 Å². The van der Waals surface area contributed by atoms with Crippen LogP contribution in [-0.2, 0) is 7.05 Å². The van der Waals surface area contributed by atoms with Crippen LogP contribution in [0.25, 0.3) is 11.1 Å². The van der Waals surface area contributed by atoms with Crippen LogP contribution in [0.3, 0.4) is 0 Å². The van der Waals surface area contributed by atoms with E-state index in [0.29, 0.717) is 22.6 Å². The maximum atomic E-state index is 11.9. The van der Waals surface area contributed by atoms with E-state index >= 15 is 0 Å². The SMILES string of the molecule is CC.COc1cc(-c2cn(C)c(=O)c(N)c2C=N)cc(OC)c1C.[HH]. The molecule has 0 bridgehead atoms. The van der Waals surface area contributed by atoms with Crippen LogP contribution in [0.1, 0.15) is 26.4 Å². The molecular formula is C18H27N3O3. The number of hydrogen-bond donors (Lipinski definition) is 2. The van der Waals surface area contributed by atoms with E-state index in [2.05, 4.69) is 0 Å². The molecule has 0 saturated carbocycles. The summed E-state index contributed by atoms with van der Waals surface area (Å²) in [7, 11) is 4.79. The van der Waals surface area contributed by atoms with Crippen LogP contribution in [0.5, 0.6) is 11.5 Å². The highest BCUT2D eigenvalue weighted by molar-refractivity contribution is 5.94. The Balaban J connectivity index is 0.00000185. The Kier molecular flexibility index (Phi) is 6.58. The van der Waals surface area contributed by atoms with E-state index < -0.39 is 0 Å². The molecule has 0 radical (unpaired) electrons. The molecule has 0 unspecified atom stereocenters. The molecule has 1 aromatic carbocycles. The molecular weight excluding hydrogens is 306 g/mol. The Morgan fingerprint density at radius 1 is 1.21 bits per heavy atom. The monoisotopic (exact) mass is 333 g/mol. The fraction of sp³-hybridized carbons (Fsp3) is 0.333. The second-order valence-electron chi connectivity index (χ2n) is 4.94. The lowest BCUT2D eigenvalue weighted by Gasteiger charge is -2.15. The van der Waals surface area contributed by atoms with Crippen molar-refractivity contribution in [1.29, 1.82) is 5.41 Å². The zero-order chi connectivity index (χ0) is 18.4. The molecule has 6 heteroatoms. The number of ether oxygens (including phenoxy) is 2. The van der Waals surface area contributed by atoms with Gasteiger partial charge in [0.15, 0.2) is 0 Å². The minimum Gasteiger partial charge on any atom is -0.496 e. The molecule has 0 amide bonds. The van der Waals surface area contributed by atoms with E-state index in [-0.39, 0.29) is 12.7 Å². The quantitative estimate of drug-likeness (QED) is 0.841. The maximum absolute atomic E-state index is 11.9. The molecule has 6 nitrogen and oxygen atoms in total. The van der Waals surface area contributed by atoms with Gasteiger partial charge in [-0.25, -0.2) is 0 Å². The van der Waals surface area contributed by atoms with Crippen molar-refractivity contribution in [3.63, 3.8) is 0 Å². The molecule has 0 aliphatic heterocycles. The number of nitrogen functional groups attached to an aromatic ring is 1.